The topological polar surface area (TPSA) is 90.7 Å². The molecule has 0 spiro atoms. The molecule has 16 heavy (non-hydrogen) atoms. The number of halogens is 2. The Morgan fingerprint density at radius 2 is 1.69 bits per heavy atom. The van der Waals surface area contributed by atoms with E-state index in [1.165, 1.54) is 0 Å². The van der Waals surface area contributed by atoms with Crippen molar-refractivity contribution in [2.24, 2.45) is 5.41 Å². The van der Waals surface area contributed by atoms with E-state index in [-0.39, 0.29) is 17.7 Å². The summed E-state index contributed by atoms with van der Waals surface area (Å²) in [6.07, 6.45) is -1.65. The molecule has 0 amide bonds. The van der Waals surface area contributed by atoms with Gasteiger partial charge in [-0.1, -0.05) is 5.92 Å². The number of anilines is 2. The van der Waals surface area contributed by atoms with Crippen molar-refractivity contribution in [1.82, 2.24) is 15.0 Å². The van der Waals surface area contributed by atoms with Crippen LogP contribution >= 0.6 is 0 Å². The van der Waals surface area contributed by atoms with E-state index in [0.717, 1.165) is 0 Å². The normalized spacial score (nSPS) is 16.7. The van der Waals surface area contributed by atoms with Crippen LogP contribution in [0.3, 0.4) is 0 Å². The third kappa shape index (κ3) is 2.00. The zero-order valence-electron chi connectivity index (χ0n) is 8.24. The van der Waals surface area contributed by atoms with E-state index in [1.54, 1.807) is 0 Å². The summed E-state index contributed by atoms with van der Waals surface area (Å²) in [7, 11) is 0. The van der Waals surface area contributed by atoms with Gasteiger partial charge in [0.25, 0.3) is 6.43 Å². The molecule has 0 saturated heterocycles. The quantitative estimate of drug-likeness (QED) is 0.676. The maximum Gasteiger partial charge on any atom is 0.254 e. The molecule has 1 saturated carbocycles. The summed E-state index contributed by atoms with van der Waals surface area (Å²) in [6, 6.07) is 0. The third-order valence-electron chi connectivity index (χ3n) is 2.30. The lowest BCUT2D eigenvalue weighted by Gasteiger charge is -2.03. The molecule has 84 valence electrons. The Morgan fingerprint density at radius 3 is 2.12 bits per heavy atom. The number of hydrogen-bond acceptors (Lipinski definition) is 5. The second-order valence-electron chi connectivity index (χ2n) is 3.58. The first kappa shape index (κ1) is 10.5. The molecule has 1 aliphatic rings. The average molecular weight is 225 g/mol. The van der Waals surface area contributed by atoms with E-state index in [4.69, 9.17) is 11.5 Å². The van der Waals surface area contributed by atoms with Crippen LogP contribution in [0.25, 0.3) is 0 Å². The number of nitrogens with zero attached hydrogens (tertiary/aromatic N) is 3. The second kappa shape index (κ2) is 3.56. The average Bonchev–Trinajstić information content (AvgIpc) is 2.94. The molecule has 2 rings (SSSR count). The number of hydrogen-bond donors (Lipinski definition) is 2. The summed E-state index contributed by atoms with van der Waals surface area (Å²) in [5.74, 6) is 4.82. The molecule has 1 aromatic rings. The minimum atomic E-state index is -2.45. The molecule has 0 atom stereocenters. The Morgan fingerprint density at radius 1 is 1.12 bits per heavy atom. The number of aromatic nitrogens is 3. The molecule has 4 N–H and O–H groups in total. The SMILES string of the molecule is Nc1nc(N)nc(C#CC2(C(F)F)CC2)n1. The van der Waals surface area contributed by atoms with Gasteiger partial charge in [-0.15, -0.1) is 0 Å². The molecule has 1 heterocycles. The van der Waals surface area contributed by atoms with Gasteiger partial charge in [0, 0.05) is 0 Å². The van der Waals surface area contributed by atoms with Crippen molar-refractivity contribution < 1.29 is 8.78 Å². The zero-order valence-corrected chi connectivity index (χ0v) is 8.24. The monoisotopic (exact) mass is 225 g/mol. The lowest BCUT2D eigenvalue weighted by atomic mass is 10.1. The zero-order chi connectivity index (χ0) is 11.8. The lowest BCUT2D eigenvalue weighted by molar-refractivity contribution is 0.0921. The van der Waals surface area contributed by atoms with Gasteiger partial charge in [0.1, 0.15) is 0 Å². The fraction of sp³-hybridized carbons (Fsp3) is 0.444. The fourth-order valence-corrected chi connectivity index (χ4v) is 1.18. The lowest BCUT2D eigenvalue weighted by Crippen LogP contribution is -2.10. The predicted octanol–water partition coefficient (Wildman–Crippen LogP) is 0.433. The molecular weight excluding hydrogens is 216 g/mol. The van der Waals surface area contributed by atoms with Gasteiger partial charge in [-0.2, -0.15) is 15.0 Å². The van der Waals surface area contributed by atoms with Gasteiger partial charge in [0.05, 0.1) is 5.41 Å². The van der Waals surface area contributed by atoms with E-state index in [2.05, 4.69) is 26.8 Å². The summed E-state index contributed by atoms with van der Waals surface area (Å²) in [5.41, 5.74) is 9.45. The first-order valence-corrected chi connectivity index (χ1v) is 4.60. The van der Waals surface area contributed by atoms with Crippen molar-refractivity contribution in [3.05, 3.63) is 5.82 Å². The summed E-state index contributed by atoms with van der Waals surface area (Å²) < 4.78 is 25.1. The maximum absolute atomic E-state index is 12.5. The minimum Gasteiger partial charge on any atom is -0.368 e. The van der Waals surface area contributed by atoms with Crippen LogP contribution in [0, 0.1) is 17.3 Å². The van der Waals surface area contributed by atoms with Gasteiger partial charge >= 0.3 is 0 Å². The Kier molecular flexibility index (Phi) is 2.34. The molecular formula is C9H9F2N5. The van der Waals surface area contributed by atoms with Crippen molar-refractivity contribution >= 4 is 11.9 Å². The summed E-state index contributed by atoms with van der Waals surface area (Å²) in [4.78, 5) is 10.9. The van der Waals surface area contributed by atoms with Crippen LogP contribution in [0.5, 0.6) is 0 Å². The van der Waals surface area contributed by atoms with Gasteiger partial charge in [-0.25, -0.2) is 8.78 Å². The highest BCUT2D eigenvalue weighted by molar-refractivity contribution is 5.35. The molecule has 7 heteroatoms. The summed E-state index contributed by atoms with van der Waals surface area (Å²) in [5, 5.41) is 0. The van der Waals surface area contributed by atoms with Crippen molar-refractivity contribution in [3.8, 4) is 11.8 Å². The van der Waals surface area contributed by atoms with E-state index in [0.29, 0.717) is 12.8 Å². The van der Waals surface area contributed by atoms with E-state index < -0.39 is 11.8 Å². The van der Waals surface area contributed by atoms with Crippen LogP contribution in [-0.2, 0) is 0 Å². The van der Waals surface area contributed by atoms with Crippen LogP contribution in [0.1, 0.15) is 18.7 Å². The van der Waals surface area contributed by atoms with Crippen LogP contribution in [-0.4, -0.2) is 21.4 Å². The summed E-state index contributed by atoms with van der Waals surface area (Å²) >= 11 is 0. The smallest absolute Gasteiger partial charge is 0.254 e. The Labute approximate surface area is 90.3 Å². The maximum atomic E-state index is 12.5. The number of alkyl halides is 2. The van der Waals surface area contributed by atoms with Crippen LogP contribution < -0.4 is 11.5 Å². The van der Waals surface area contributed by atoms with Gasteiger partial charge in [-0.05, 0) is 18.8 Å². The molecule has 0 radical (unpaired) electrons. The molecule has 1 aliphatic carbocycles. The van der Waals surface area contributed by atoms with Crippen molar-refractivity contribution in [3.63, 3.8) is 0 Å². The Balaban J connectivity index is 2.24. The van der Waals surface area contributed by atoms with Crippen molar-refractivity contribution in [2.45, 2.75) is 19.3 Å². The van der Waals surface area contributed by atoms with Crippen molar-refractivity contribution in [2.75, 3.05) is 11.5 Å². The Bertz CT molecular complexity index is 452. The Hall–Kier alpha value is -1.97. The van der Waals surface area contributed by atoms with Gasteiger partial charge in [0.2, 0.25) is 17.7 Å². The highest BCUT2D eigenvalue weighted by atomic mass is 19.3. The van der Waals surface area contributed by atoms with Gasteiger partial charge in [0.15, 0.2) is 0 Å². The second-order valence-corrected chi connectivity index (χ2v) is 3.58. The largest absolute Gasteiger partial charge is 0.368 e. The highest BCUT2D eigenvalue weighted by Crippen LogP contribution is 2.50. The predicted molar refractivity (Wildman–Crippen MR) is 53.2 cm³/mol. The first-order valence-electron chi connectivity index (χ1n) is 4.60. The fourth-order valence-electron chi connectivity index (χ4n) is 1.18. The third-order valence-corrected chi connectivity index (χ3v) is 2.30. The van der Waals surface area contributed by atoms with E-state index in [9.17, 15) is 8.78 Å². The van der Waals surface area contributed by atoms with Gasteiger partial charge < -0.3 is 11.5 Å². The standard InChI is InChI=1S/C9H9F2N5/c10-6(11)9(3-4-9)2-1-5-14-7(12)16-8(13)15-5/h6H,3-4H2,(H4,12,13,14,15,16). The van der Waals surface area contributed by atoms with Gasteiger partial charge in [-0.3, -0.25) is 0 Å². The molecule has 5 nitrogen and oxygen atoms in total. The highest BCUT2D eigenvalue weighted by Gasteiger charge is 2.50. The van der Waals surface area contributed by atoms with Crippen LogP contribution in [0.4, 0.5) is 20.7 Å². The molecule has 0 bridgehead atoms. The molecule has 1 fully saturated rings. The van der Waals surface area contributed by atoms with Crippen LogP contribution in [0.15, 0.2) is 0 Å². The molecule has 0 unspecified atom stereocenters. The number of nitrogen functional groups attached to an aromatic ring is 2. The molecule has 1 aromatic heterocycles. The number of nitrogens with two attached hydrogens (primary N) is 2. The van der Waals surface area contributed by atoms with E-state index >= 15 is 0 Å². The van der Waals surface area contributed by atoms with Crippen LogP contribution in [0.2, 0.25) is 0 Å². The molecule has 0 aromatic carbocycles. The first-order chi connectivity index (χ1) is 7.52. The number of rotatable bonds is 1. The molecule has 0 aliphatic heterocycles. The minimum absolute atomic E-state index is 0.0249. The van der Waals surface area contributed by atoms with Crippen molar-refractivity contribution in [1.29, 1.82) is 0 Å². The van der Waals surface area contributed by atoms with E-state index in [1.807, 2.05) is 0 Å². The summed E-state index contributed by atoms with van der Waals surface area (Å²) in [6.45, 7) is 0.